The van der Waals surface area contributed by atoms with Gasteiger partial charge in [0.15, 0.2) is 0 Å². The molecule has 0 aromatic carbocycles. The molecule has 0 radical (unpaired) electrons. The van der Waals surface area contributed by atoms with Crippen LogP contribution < -0.4 is 5.32 Å². The third kappa shape index (κ3) is 3.04. The molecule has 2 aromatic heterocycles. The second-order valence-electron chi connectivity index (χ2n) is 5.05. The molecule has 0 fully saturated rings. The Bertz CT molecular complexity index is 552. The van der Waals surface area contributed by atoms with Crippen molar-refractivity contribution in [2.45, 2.75) is 33.2 Å². The number of hydrogen-bond donors (Lipinski definition) is 1. The summed E-state index contributed by atoms with van der Waals surface area (Å²) in [6.07, 6.45) is 0.921. The Kier molecular flexibility index (Phi) is 4.04. The Labute approximate surface area is 114 Å². The van der Waals surface area contributed by atoms with Gasteiger partial charge >= 0.3 is 0 Å². The zero-order valence-electron chi connectivity index (χ0n) is 12.4. The summed E-state index contributed by atoms with van der Waals surface area (Å²) in [6.45, 7) is 7.12. The predicted molar refractivity (Wildman–Crippen MR) is 76.0 cm³/mol. The molecule has 0 bridgehead atoms. The minimum Gasteiger partial charge on any atom is -0.309 e. The maximum Gasteiger partial charge on any atom is 0.0597 e. The van der Waals surface area contributed by atoms with Gasteiger partial charge in [0.2, 0.25) is 0 Å². The fourth-order valence-electron chi connectivity index (χ4n) is 2.55. The van der Waals surface area contributed by atoms with Crippen molar-refractivity contribution < 1.29 is 0 Å². The quantitative estimate of drug-likeness (QED) is 0.890. The van der Waals surface area contributed by atoms with Crippen LogP contribution in [0.2, 0.25) is 0 Å². The van der Waals surface area contributed by atoms with Crippen LogP contribution in [-0.4, -0.2) is 26.1 Å². The summed E-state index contributed by atoms with van der Waals surface area (Å²) >= 11 is 0. The Morgan fingerprint density at radius 1 is 1.11 bits per heavy atom. The number of hydrogen-bond acceptors (Lipinski definition) is 3. The van der Waals surface area contributed by atoms with Crippen molar-refractivity contribution in [3.05, 3.63) is 34.9 Å². The van der Waals surface area contributed by atoms with E-state index in [2.05, 4.69) is 34.6 Å². The van der Waals surface area contributed by atoms with E-state index < -0.39 is 0 Å². The van der Waals surface area contributed by atoms with Gasteiger partial charge in [-0.3, -0.25) is 9.36 Å². The summed E-state index contributed by atoms with van der Waals surface area (Å²) in [6, 6.07) is 4.57. The molecule has 1 atom stereocenters. The van der Waals surface area contributed by atoms with Crippen molar-refractivity contribution in [3.8, 4) is 0 Å². The predicted octanol–water partition coefficient (Wildman–Crippen LogP) is 1.66. The zero-order chi connectivity index (χ0) is 14.0. The van der Waals surface area contributed by atoms with Gasteiger partial charge in [0.1, 0.15) is 0 Å². The van der Waals surface area contributed by atoms with Crippen molar-refractivity contribution in [1.29, 1.82) is 0 Å². The summed E-state index contributed by atoms with van der Waals surface area (Å²) in [5.74, 6) is 0. The standard InChI is InChI=1S/C14H23N5/c1-6-15-13(14-8-11(3)17-19(14)5)9-12-7-10(2)16-18(12)4/h7-8,13,15H,6,9H2,1-5H3. The number of nitrogens with one attached hydrogen (secondary N) is 1. The van der Waals surface area contributed by atoms with Crippen molar-refractivity contribution >= 4 is 0 Å². The van der Waals surface area contributed by atoms with Crippen LogP contribution in [-0.2, 0) is 20.5 Å². The second-order valence-corrected chi connectivity index (χ2v) is 5.05. The number of likely N-dealkylation sites (N-methyl/N-ethyl adjacent to an activating group) is 1. The van der Waals surface area contributed by atoms with E-state index in [0.29, 0.717) is 0 Å². The summed E-state index contributed by atoms with van der Waals surface area (Å²) in [5.41, 5.74) is 4.58. The van der Waals surface area contributed by atoms with Gasteiger partial charge in [0.05, 0.1) is 23.1 Å². The highest BCUT2D eigenvalue weighted by molar-refractivity contribution is 5.18. The van der Waals surface area contributed by atoms with Crippen LogP contribution in [0.5, 0.6) is 0 Å². The summed E-state index contributed by atoms with van der Waals surface area (Å²) < 4.78 is 3.93. The first-order valence-corrected chi connectivity index (χ1v) is 6.74. The Balaban J connectivity index is 2.26. The molecule has 0 saturated carbocycles. The Morgan fingerprint density at radius 2 is 1.74 bits per heavy atom. The minimum atomic E-state index is 0.269. The molecule has 2 heterocycles. The number of aryl methyl sites for hydroxylation is 4. The average Bonchev–Trinajstić information content (AvgIpc) is 2.81. The van der Waals surface area contributed by atoms with E-state index in [1.807, 2.05) is 37.3 Å². The minimum absolute atomic E-state index is 0.269. The maximum atomic E-state index is 4.44. The molecule has 1 N–H and O–H groups in total. The van der Waals surface area contributed by atoms with Crippen LogP contribution in [0.1, 0.15) is 35.7 Å². The lowest BCUT2D eigenvalue weighted by atomic mass is 10.1. The fourth-order valence-corrected chi connectivity index (χ4v) is 2.55. The van der Waals surface area contributed by atoms with Crippen molar-refractivity contribution in [2.24, 2.45) is 14.1 Å². The first-order chi connectivity index (χ1) is 9.01. The molecule has 0 saturated heterocycles. The number of aromatic nitrogens is 4. The average molecular weight is 261 g/mol. The molecule has 19 heavy (non-hydrogen) atoms. The SMILES string of the molecule is CCNC(Cc1cc(C)nn1C)c1cc(C)nn1C. The number of rotatable bonds is 5. The highest BCUT2D eigenvalue weighted by Crippen LogP contribution is 2.19. The first-order valence-electron chi connectivity index (χ1n) is 6.74. The third-order valence-corrected chi connectivity index (χ3v) is 3.36. The van der Waals surface area contributed by atoms with Crippen LogP contribution in [0, 0.1) is 13.8 Å². The van der Waals surface area contributed by atoms with E-state index in [9.17, 15) is 0 Å². The lowest BCUT2D eigenvalue weighted by molar-refractivity contribution is 0.493. The van der Waals surface area contributed by atoms with E-state index in [-0.39, 0.29) is 6.04 Å². The van der Waals surface area contributed by atoms with Crippen molar-refractivity contribution in [2.75, 3.05) is 6.54 Å². The van der Waals surface area contributed by atoms with Gasteiger partial charge in [0.25, 0.3) is 0 Å². The highest BCUT2D eigenvalue weighted by atomic mass is 15.3. The molecule has 0 aliphatic heterocycles. The molecule has 104 valence electrons. The van der Waals surface area contributed by atoms with Crippen LogP contribution in [0.15, 0.2) is 12.1 Å². The summed E-state index contributed by atoms with van der Waals surface area (Å²) in [4.78, 5) is 0. The summed E-state index contributed by atoms with van der Waals surface area (Å²) in [7, 11) is 4.00. The molecule has 0 aliphatic carbocycles. The number of nitrogens with zero attached hydrogens (tertiary/aromatic N) is 4. The molecule has 2 aromatic rings. The van der Waals surface area contributed by atoms with Crippen molar-refractivity contribution in [1.82, 2.24) is 24.9 Å². The van der Waals surface area contributed by atoms with Crippen molar-refractivity contribution in [3.63, 3.8) is 0 Å². The van der Waals surface area contributed by atoms with E-state index in [0.717, 1.165) is 24.4 Å². The van der Waals surface area contributed by atoms with Crippen LogP contribution in [0.25, 0.3) is 0 Å². The molecular weight excluding hydrogens is 238 g/mol. The van der Waals surface area contributed by atoms with Gasteiger partial charge in [0, 0.05) is 26.2 Å². The molecule has 5 heteroatoms. The molecule has 5 nitrogen and oxygen atoms in total. The molecule has 0 aliphatic rings. The Hall–Kier alpha value is -1.62. The topological polar surface area (TPSA) is 47.7 Å². The normalized spacial score (nSPS) is 12.9. The van der Waals surface area contributed by atoms with E-state index in [1.54, 1.807) is 0 Å². The Morgan fingerprint density at radius 3 is 2.21 bits per heavy atom. The lowest BCUT2D eigenvalue weighted by Crippen LogP contribution is -2.25. The summed E-state index contributed by atoms with van der Waals surface area (Å²) in [5, 5.41) is 12.4. The molecule has 0 spiro atoms. The lowest BCUT2D eigenvalue weighted by Gasteiger charge is -2.18. The maximum absolute atomic E-state index is 4.44. The van der Waals surface area contributed by atoms with Gasteiger partial charge in [-0.15, -0.1) is 0 Å². The second kappa shape index (κ2) is 5.57. The molecular formula is C14H23N5. The molecule has 2 rings (SSSR count). The monoisotopic (exact) mass is 261 g/mol. The van der Waals surface area contributed by atoms with Crippen LogP contribution in [0.4, 0.5) is 0 Å². The fraction of sp³-hybridized carbons (Fsp3) is 0.571. The smallest absolute Gasteiger partial charge is 0.0597 e. The van der Waals surface area contributed by atoms with E-state index in [1.165, 1.54) is 11.4 Å². The third-order valence-electron chi connectivity index (χ3n) is 3.36. The zero-order valence-corrected chi connectivity index (χ0v) is 12.4. The van der Waals surface area contributed by atoms with Crippen LogP contribution >= 0.6 is 0 Å². The van der Waals surface area contributed by atoms with Gasteiger partial charge in [-0.2, -0.15) is 10.2 Å². The van der Waals surface area contributed by atoms with Gasteiger partial charge < -0.3 is 5.32 Å². The highest BCUT2D eigenvalue weighted by Gasteiger charge is 2.17. The molecule has 0 amide bonds. The van der Waals surface area contributed by atoms with Gasteiger partial charge in [-0.25, -0.2) is 0 Å². The van der Waals surface area contributed by atoms with Crippen LogP contribution in [0.3, 0.4) is 0 Å². The molecule has 1 unspecified atom stereocenters. The van der Waals surface area contributed by atoms with Gasteiger partial charge in [-0.05, 0) is 32.5 Å². The van der Waals surface area contributed by atoms with Gasteiger partial charge in [-0.1, -0.05) is 6.92 Å². The van der Waals surface area contributed by atoms with E-state index >= 15 is 0 Å². The largest absolute Gasteiger partial charge is 0.309 e. The first kappa shape index (κ1) is 13.8. The van der Waals surface area contributed by atoms with E-state index in [4.69, 9.17) is 0 Å².